The second kappa shape index (κ2) is 10.5. The Bertz CT molecular complexity index is 868. The van der Waals surface area contributed by atoms with Gasteiger partial charge in [-0.2, -0.15) is 0 Å². The van der Waals surface area contributed by atoms with Gasteiger partial charge in [0, 0.05) is 23.5 Å². The van der Waals surface area contributed by atoms with Gasteiger partial charge in [0.15, 0.2) is 6.10 Å². The number of amides is 4. The number of rotatable bonds is 8. The van der Waals surface area contributed by atoms with Gasteiger partial charge in [-0.15, -0.1) is 0 Å². The standard InChI is InChI=1S/C20H22N4O5/c1-13(19(27)23-16-9-7-14(8-10-16)18(21)26)29-17(25)11-12-22-20(28)24-15-5-3-2-4-6-15/h2-10,13H,11-12H2,1H3,(H2,21,26)(H,23,27)(H2,22,24,28)/t13-/m0/s1. The van der Waals surface area contributed by atoms with E-state index in [0.29, 0.717) is 16.9 Å². The van der Waals surface area contributed by atoms with E-state index < -0.39 is 29.9 Å². The van der Waals surface area contributed by atoms with Crippen molar-refractivity contribution in [3.8, 4) is 0 Å². The fourth-order valence-electron chi connectivity index (χ4n) is 2.25. The van der Waals surface area contributed by atoms with Crippen LogP contribution in [0.5, 0.6) is 0 Å². The molecule has 29 heavy (non-hydrogen) atoms. The molecule has 0 radical (unpaired) electrons. The zero-order chi connectivity index (χ0) is 21.2. The Morgan fingerprint density at radius 3 is 2.17 bits per heavy atom. The largest absolute Gasteiger partial charge is 0.452 e. The number of carbonyl (C=O) groups is 4. The van der Waals surface area contributed by atoms with Crippen LogP contribution in [0.3, 0.4) is 0 Å². The quantitative estimate of drug-likeness (QED) is 0.503. The number of benzene rings is 2. The normalized spacial score (nSPS) is 11.1. The summed E-state index contributed by atoms with van der Waals surface area (Å²) in [5.74, 6) is -1.73. The third-order valence-corrected chi connectivity index (χ3v) is 3.76. The van der Waals surface area contributed by atoms with Crippen LogP contribution < -0.4 is 21.7 Å². The summed E-state index contributed by atoms with van der Waals surface area (Å²) in [6.45, 7) is 1.49. The Balaban J connectivity index is 1.70. The third-order valence-electron chi connectivity index (χ3n) is 3.76. The fourth-order valence-corrected chi connectivity index (χ4v) is 2.25. The van der Waals surface area contributed by atoms with Gasteiger partial charge in [-0.25, -0.2) is 4.79 Å². The summed E-state index contributed by atoms with van der Waals surface area (Å²) < 4.78 is 5.05. The van der Waals surface area contributed by atoms with E-state index in [1.54, 1.807) is 24.3 Å². The molecule has 0 fully saturated rings. The zero-order valence-corrected chi connectivity index (χ0v) is 15.8. The van der Waals surface area contributed by atoms with Crippen molar-refractivity contribution in [2.45, 2.75) is 19.4 Å². The van der Waals surface area contributed by atoms with E-state index >= 15 is 0 Å². The number of primary amides is 1. The van der Waals surface area contributed by atoms with Crippen molar-refractivity contribution in [3.05, 3.63) is 60.2 Å². The van der Waals surface area contributed by atoms with Gasteiger partial charge in [-0.1, -0.05) is 18.2 Å². The van der Waals surface area contributed by atoms with Crippen molar-refractivity contribution >= 4 is 35.2 Å². The number of carbonyl (C=O) groups excluding carboxylic acids is 4. The first-order chi connectivity index (χ1) is 13.8. The van der Waals surface area contributed by atoms with Crippen molar-refractivity contribution < 1.29 is 23.9 Å². The number of urea groups is 1. The van der Waals surface area contributed by atoms with E-state index in [0.717, 1.165) is 0 Å². The molecule has 5 N–H and O–H groups in total. The predicted octanol–water partition coefficient (Wildman–Crippen LogP) is 1.87. The van der Waals surface area contributed by atoms with Gasteiger partial charge < -0.3 is 26.4 Å². The summed E-state index contributed by atoms with van der Waals surface area (Å²) in [4.78, 5) is 46.7. The molecule has 9 heteroatoms. The highest BCUT2D eigenvalue weighted by atomic mass is 16.5. The molecule has 0 aliphatic rings. The highest BCUT2D eigenvalue weighted by molar-refractivity contribution is 5.96. The molecule has 9 nitrogen and oxygen atoms in total. The minimum atomic E-state index is -1.03. The Morgan fingerprint density at radius 2 is 1.55 bits per heavy atom. The van der Waals surface area contributed by atoms with Gasteiger partial charge in [-0.05, 0) is 43.3 Å². The summed E-state index contributed by atoms with van der Waals surface area (Å²) >= 11 is 0. The van der Waals surface area contributed by atoms with Crippen LogP contribution in [0.25, 0.3) is 0 Å². The molecule has 0 aliphatic carbocycles. The van der Waals surface area contributed by atoms with Gasteiger partial charge in [-0.3, -0.25) is 14.4 Å². The number of para-hydroxylation sites is 1. The molecule has 152 valence electrons. The molecular formula is C20H22N4O5. The Kier molecular flexibility index (Phi) is 7.72. The average molecular weight is 398 g/mol. The minimum Gasteiger partial charge on any atom is -0.452 e. The fraction of sp³-hybridized carbons (Fsp3) is 0.200. The number of nitrogens with one attached hydrogen (secondary N) is 3. The van der Waals surface area contributed by atoms with Crippen LogP contribution in [0.1, 0.15) is 23.7 Å². The van der Waals surface area contributed by atoms with Crippen molar-refractivity contribution in [2.75, 3.05) is 17.2 Å². The first kappa shape index (κ1) is 21.4. The van der Waals surface area contributed by atoms with Gasteiger partial charge in [0.1, 0.15) is 0 Å². The van der Waals surface area contributed by atoms with Crippen LogP contribution in [-0.4, -0.2) is 36.5 Å². The number of anilines is 2. The highest BCUT2D eigenvalue weighted by Gasteiger charge is 2.18. The lowest BCUT2D eigenvalue weighted by atomic mass is 10.2. The van der Waals surface area contributed by atoms with Crippen LogP contribution in [0.4, 0.5) is 16.2 Å². The summed E-state index contributed by atoms with van der Waals surface area (Å²) in [6.07, 6.45) is -1.12. The van der Waals surface area contributed by atoms with Crippen molar-refractivity contribution in [1.82, 2.24) is 5.32 Å². The molecule has 2 rings (SSSR count). The van der Waals surface area contributed by atoms with Crippen molar-refractivity contribution in [1.29, 1.82) is 0 Å². The lowest BCUT2D eigenvalue weighted by molar-refractivity contribution is -0.153. The number of hydrogen-bond acceptors (Lipinski definition) is 5. The van der Waals surface area contributed by atoms with Crippen LogP contribution >= 0.6 is 0 Å². The molecule has 2 aromatic rings. The van der Waals surface area contributed by atoms with Gasteiger partial charge >= 0.3 is 12.0 Å². The monoisotopic (exact) mass is 398 g/mol. The summed E-state index contributed by atoms with van der Waals surface area (Å²) in [5, 5.41) is 7.71. The first-order valence-corrected chi connectivity index (χ1v) is 8.85. The summed E-state index contributed by atoms with van der Waals surface area (Å²) in [5.41, 5.74) is 6.52. The maximum Gasteiger partial charge on any atom is 0.319 e. The van der Waals surface area contributed by atoms with Crippen LogP contribution in [0.2, 0.25) is 0 Å². The number of ether oxygens (including phenoxy) is 1. The second-order valence-electron chi connectivity index (χ2n) is 6.06. The Morgan fingerprint density at radius 1 is 0.931 bits per heavy atom. The molecule has 0 bridgehead atoms. The summed E-state index contributed by atoms with van der Waals surface area (Å²) in [7, 11) is 0. The topological polar surface area (TPSA) is 140 Å². The molecule has 0 heterocycles. The average Bonchev–Trinajstić information content (AvgIpc) is 2.69. The number of esters is 1. The van der Waals surface area contributed by atoms with Crippen molar-refractivity contribution in [3.63, 3.8) is 0 Å². The second-order valence-corrected chi connectivity index (χ2v) is 6.06. The SMILES string of the molecule is C[C@H](OC(=O)CCNC(=O)Nc1ccccc1)C(=O)Nc1ccc(C(N)=O)cc1. The van der Waals surface area contributed by atoms with Crippen molar-refractivity contribution in [2.24, 2.45) is 5.73 Å². The van der Waals surface area contributed by atoms with E-state index in [2.05, 4.69) is 16.0 Å². The lowest BCUT2D eigenvalue weighted by Gasteiger charge is -2.14. The molecule has 0 spiro atoms. The molecule has 1 atom stereocenters. The molecular weight excluding hydrogens is 376 g/mol. The van der Waals surface area contributed by atoms with Gasteiger partial charge in [0.25, 0.3) is 5.91 Å². The van der Waals surface area contributed by atoms with E-state index in [9.17, 15) is 19.2 Å². The molecule has 2 aromatic carbocycles. The smallest absolute Gasteiger partial charge is 0.319 e. The van der Waals surface area contributed by atoms with E-state index in [1.165, 1.54) is 31.2 Å². The Labute approximate surface area is 167 Å². The third kappa shape index (κ3) is 7.33. The maximum atomic E-state index is 12.1. The van der Waals surface area contributed by atoms with Crippen LogP contribution in [-0.2, 0) is 14.3 Å². The molecule has 0 aliphatic heterocycles. The lowest BCUT2D eigenvalue weighted by Crippen LogP contribution is -2.33. The van der Waals surface area contributed by atoms with E-state index in [4.69, 9.17) is 10.5 Å². The minimum absolute atomic E-state index is 0.0560. The first-order valence-electron chi connectivity index (χ1n) is 8.85. The number of hydrogen-bond donors (Lipinski definition) is 4. The predicted molar refractivity (Wildman–Crippen MR) is 107 cm³/mol. The maximum absolute atomic E-state index is 12.1. The van der Waals surface area contributed by atoms with Gasteiger partial charge in [0.05, 0.1) is 6.42 Å². The molecule has 0 saturated heterocycles. The highest BCUT2D eigenvalue weighted by Crippen LogP contribution is 2.10. The zero-order valence-electron chi connectivity index (χ0n) is 15.8. The molecule has 0 unspecified atom stereocenters. The van der Waals surface area contributed by atoms with Crippen LogP contribution in [0.15, 0.2) is 54.6 Å². The van der Waals surface area contributed by atoms with E-state index in [1.807, 2.05) is 6.07 Å². The molecule has 0 aromatic heterocycles. The molecule has 0 saturated carbocycles. The molecule has 4 amide bonds. The number of nitrogens with two attached hydrogens (primary N) is 1. The van der Waals surface area contributed by atoms with Gasteiger partial charge in [0.2, 0.25) is 5.91 Å². The van der Waals surface area contributed by atoms with E-state index in [-0.39, 0.29) is 13.0 Å². The summed E-state index contributed by atoms with van der Waals surface area (Å²) in [6, 6.07) is 14.4. The Hall–Kier alpha value is -3.88. The van der Waals surface area contributed by atoms with Crippen LogP contribution in [0, 0.1) is 0 Å².